The molecule has 0 spiro atoms. The number of halogens is 1. The van der Waals surface area contributed by atoms with Gasteiger partial charge in [0.2, 0.25) is 0 Å². The van der Waals surface area contributed by atoms with Gasteiger partial charge in [-0.25, -0.2) is 4.79 Å². The van der Waals surface area contributed by atoms with Gasteiger partial charge in [-0.2, -0.15) is 0 Å². The molecule has 0 atom stereocenters. The number of urea groups is 1. The molecule has 120 valence electrons. The van der Waals surface area contributed by atoms with E-state index in [9.17, 15) is 14.4 Å². The zero-order valence-corrected chi connectivity index (χ0v) is 12.9. The first-order valence-corrected chi connectivity index (χ1v) is 7.03. The van der Waals surface area contributed by atoms with Crippen LogP contribution < -0.4 is 10.6 Å². The van der Waals surface area contributed by atoms with Crippen LogP contribution in [-0.2, 0) is 4.79 Å². The van der Waals surface area contributed by atoms with Crippen molar-refractivity contribution in [1.29, 1.82) is 0 Å². The molecule has 0 bridgehead atoms. The molecule has 7 nitrogen and oxygen atoms in total. The quantitative estimate of drug-likeness (QED) is 0.655. The molecule has 1 aromatic carbocycles. The maximum absolute atomic E-state index is 11.8. The number of carbonyl (C=O) groups is 3. The third kappa shape index (κ3) is 6.01. The van der Waals surface area contributed by atoms with Crippen LogP contribution in [0.15, 0.2) is 24.3 Å². The molecule has 1 rings (SSSR count). The minimum atomic E-state index is -0.966. The van der Waals surface area contributed by atoms with Gasteiger partial charge >= 0.3 is 12.0 Å². The largest absolute Gasteiger partial charge is 0.481 e. The molecule has 3 N–H and O–H groups in total. The lowest BCUT2D eigenvalue weighted by atomic mass is 10.2. The number of rotatable bonds is 7. The molecule has 3 amide bonds. The predicted molar refractivity (Wildman–Crippen MR) is 82.1 cm³/mol. The Bertz CT molecular complexity index is 551. The fraction of sp³-hybridized carbons (Fsp3) is 0.357. The van der Waals surface area contributed by atoms with Gasteiger partial charge in [0.1, 0.15) is 0 Å². The van der Waals surface area contributed by atoms with Crippen molar-refractivity contribution in [2.24, 2.45) is 0 Å². The highest BCUT2D eigenvalue weighted by Crippen LogP contribution is 2.14. The summed E-state index contributed by atoms with van der Waals surface area (Å²) in [5, 5.41) is 14.1. The Balaban J connectivity index is 2.27. The van der Waals surface area contributed by atoms with Crippen LogP contribution in [0.2, 0.25) is 5.02 Å². The minimum Gasteiger partial charge on any atom is -0.481 e. The Morgan fingerprint density at radius 3 is 2.45 bits per heavy atom. The zero-order chi connectivity index (χ0) is 16.5. The van der Waals surface area contributed by atoms with E-state index in [1.54, 1.807) is 24.3 Å². The van der Waals surface area contributed by atoms with Crippen LogP contribution in [0.5, 0.6) is 0 Å². The average molecular weight is 328 g/mol. The topological polar surface area (TPSA) is 98.7 Å². The van der Waals surface area contributed by atoms with Crippen molar-refractivity contribution in [1.82, 2.24) is 15.5 Å². The number of benzene rings is 1. The van der Waals surface area contributed by atoms with Crippen LogP contribution in [0.1, 0.15) is 16.8 Å². The molecule has 0 fully saturated rings. The summed E-state index contributed by atoms with van der Waals surface area (Å²) < 4.78 is 0. The molecule has 0 aromatic heterocycles. The van der Waals surface area contributed by atoms with Gasteiger partial charge in [0.15, 0.2) is 0 Å². The summed E-state index contributed by atoms with van der Waals surface area (Å²) in [6.45, 7) is 0.585. The number of aliphatic carboxylic acids is 1. The summed E-state index contributed by atoms with van der Waals surface area (Å²) in [4.78, 5) is 35.1. The summed E-state index contributed by atoms with van der Waals surface area (Å²) in [5.74, 6) is -1.29. The van der Waals surface area contributed by atoms with Gasteiger partial charge < -0.3 is 20.6 Å². The highest BCUT2D eigenvalue weighted by atomic mass is 35.5. The average Bonchev–Trinajstić information content (AvgIpc) is 2.49. The first-order valence-electron chi connectivity index (χ1n) is 6.65. The molecule has 1 aromatic rings. The molecular formula is C14H18ClN3O4. The summed E-state index contributed by atoms with van der Waals surface area (Å²) >= 11 is 5.90. The fourth-order valence-corrected chi connectivity index (χ4v) is 1.81. The second kappa shape index (κ2) is 8.89. The maximum Gasteiger partial charge on any atom is 0.317 e. The van der Waals surface area contributed by atoms with Crippen LogP contribution >= 0.6 is 11.6 Å². The molecule has 0 heterocycles. The first-order chi connectivity index (χ1) is 10.4. The van der Waals surface area contributed by atoms with Gasteiger partial charge in [-0.05, 0) is 12.1 Å². The molecule has 0 aliphatic carbocycles. The molecule has 0 saturated carbocycles. The van der Waals surface area contributed by atoms with Crippen molar-refractivity contribution < 1.29 is 19.5 Å². The molecule has 0 aliphatic heterocycles. The number of hydrogen-bond acceptors (Lipinski definition) is 3. The van der Waals surface area contributed by atoms with Gasteiger partial charge in [-0.15, -0.1) is 0 Å². The maximum atomic E-state index is 11.8. The van der Waals surface area contributed by atoms with Gasteiger partial charge in [-0.1, -0.05) is 23.7 Å². The molecule has 22 heavy (non-hydrogen) atoms. The number of hydrogen-bond donors (Lipinski definition) is 3. The normalized spacial score (nSPS) is 9.91. The van der Waals surface area contributed by atoms with E-state index in [1.165, 1.54) is 11.9 Å². The molecule has 0 saturated heterocycles. The summed E-state index contributed by atoms with van der Waals surface area (Å²) in [7, 11) is 1.50. The van der Waals surface area contributed by atoms with Crippen molar-refractivity contribution in [2.75, 3.05) is 26.7 Å². The van der Waals surface area contributed by atoms with Crippen molar-refractivity contribution >= 4 is 29.5 Å². The summed E-state index contributed by atoms with van der Waals surface area (Å²) in [6.07, 6.45) is -0.118. The SMILES string of the molecule is CN(CCC(=O)O)C(=O)NCCNC(=O)c1ccccc1Cl. The Morgan fingerprint density at radius 2 is 1.82 bits per heavy atom. The number of nitrogens with one attached hydrogen (secondary N) is 2. The van der Waals surface area contributed by atoms with E-state index < -0.39 is 12.0 Å². The van der Waals surface area contributed by atoms with Gasteiger partial charge in [0.25, 0.3) is 5.91 Å². The monoisotopic (exact) mass is 327 g/mol. The van der Waals surface area contributed by atoms with Crippen molar-refractivity contribution in [3.8, 4) is 0 Å². The Hall–Kier alpha value is -2.28. The smallest absolute Gasteiger partial charge is 0.317 e. The van der Waals surface area contributed by atoms with Crippen LogP contribution in [0.4, 0.5) is 4.79 Å². The molecular weight excluding hydrogens is 310 g/mol. The van der Waals surface area contributed by atoms with Crippen LogP contribution in [0, 0.1) is 0 Å². The third-order valence-corrected chi connectivity index (χ3v) is 3.14. The summed E-state index contributed by atoms with van der Waals surface area (Å²) in [6, 6.07) is 6.27. The van der Waals surface area contributed by atoms with Gasteiger partial charge in [-0.3, -0.25) is 9.59 Å². The molecule has 0 radical (unpaired) electrons. The van der Waals surface area contributed by atoms with E-state index in [2.05, 4.69) is 10.6 Å². The number of carboxylic acid groups (broad SMARTS) is 1. The first kappa shape index (κ1) is 17.8. The van der Waals surface area contributed by atoms with E-state index >= 15 is 0 Å². The second-order valence-electron chi connectivity index (χ2n) is 4.53. The van der Waals surface area contributed by atoms with E-state index in [4.69, 9.17) is 16.7 Å². The standard InChI is InChI=1S/C14H18ClN3O4/c1-18(9-6-12(19)20)14(22)17-8-7-16-13(21)10-4-2-3-5-11(10)15/h2-5H,6-9H2,1H3,(H,16,21)(H,17,22)(H,19,20). The van der Waals surface area contributed by atoms with Crippen molar-refractivity contribution in [3.63, 3.8) is 0 Å². The Kier molecular flexibility index (Phi) is 7.18. The fourth-order valence-electron chi connectivity index (χ4n) is 1.59. The number of amides is 3. The highest BCUT2D eigenvalue weighted by molar-refractivity contribution is 6.33. The van der Waals surface area contributed by atoms with E-state index in [0.717, 1.165) is 0 Å². The Labute approximate surface area is 133 Å². The van der Waals surface area contributed by atoms with Crippen LogP contribution in [0.25, 0.3) is 0 Å². The molecule has 0 unspecified atom stereocenters. The molecule has 0 aliphatic rings. The number of carboxylic acids is 1. The number of carbonyl (C=O) groups excluding carboxylic acids is 2. The van der Waals surface area contributed by atoms with E-state index in [1.807, 2.05) is 0 Å². The lowest BCUT2D eigenvalue weighted by molar-refractivity contribution is -0.137. The predicted octanol–water partition coefficient (Wildman–Crippen LogP) is 1.19. The zero-order valence-electron chi connectivity index (χ0n) is 12.1. The van der Waals surface area contributed by atoms with Crippen molar-refractivity contribution in [2.45, 2.75) is 6.42 Å². The van der Waals surface area contributed by atoms with Crippen molar-refractivity contribution in [3.05, 3.63) is 34.9 Å². The van der Waals surface area contributed by atoms with Gasteiger partial charge in [0, 0.05) is 26.7 Å². The second-order valence-corrected chi connectivity index (χ2v) is 4.94. The minimum absolute atomic E-state index is 0.118. The Morgan fingerprint density at radius 1 is 1.18 bits per heavy atom. The van der Waals surface area contributed by atoms with E-state index in [0.29, 0.717) is 10.6 Å². The van der Waals surface area contributed by atoms with Gasteiger partial charge in [0.05, 0.1) is 17.0 Å². The third-order valence-electron chi connectivity index (χ3n) is 2.81. The van der Waals surface area contributed by atoms with Crippen LogP contribution in [0.3, 0.4) is 0 Å². The highest BCUT2D eigenvalue weighted by Gasteiger charge is 2.11. The summed E-state index contributed by atoms with van der Waals surface area (Å²) in [5.41, 5.74) is 0.370. The van der Waals surface area contributed by atoms with E-state index in [-0.39, 0.29) is 32.0 Å². The number of nitrogens with zero attached hydrogens (tertiary/aromatic N) is 1. The lowest BCUT2D eigenvalue weighted by Crippen LogP contribution is -2.42. The lowest BCUT2D eigenvalue weighted by Gasteiger charge is -2.17. The molecule has 8 heteroatoms. The van der Waals surface area contributed by atoms with Crippen LogP contribution in [-0.4, -0.2) is 54.6 Å².